The maximum atomic E-state index is 13.1. The molecule has 0 saturated heterocycles. The van der Waals surface area contributed by atoms with Crippen LogP contribution in [0.1, 0.15) is 35.6 Å². The molecule has 0 saturated carbocycles. The molecule has 0 aliphatic heterocycles. The molecule has 0 bridgehead atoms. The number of thiazole rings is 1. The molecule has 0 radical (unpaired) electrons. The quantitative estimate of drug-likeness (QED) is 0.509. The number of nitrogens with zero attached hydrogens (tertiary/aromatic N) is 2. The van der Waals surface area contributed by atoms with Crippen molar-refractivity contribution in [3.05, 3.63) is 63.1 Å². The summed E-state index contributed by atoms with van der Waals surface area (Å²) in [6, 6.07) is 11.9. The summed E-state index contributed by atoms with van der Waals surface area (Å²) < 4.78 is 1.08. The number of carbonyl (C=O) groups is 2. The van der Waals surface area contributed by atoms with Gasteiger partial charge in [0.1, 0.15) is 11.0 Å². The molecule has 1 unspecified atom stereocenters. The van der Waals surface area contributed by atoms with Crippen LogP contribution in [0.4, 0.5) is 0 Å². The predicted octanol–water partition coefficient (Wildman–Crippen LogP) is 5.41. The first kappa shape index (κ1) is 22.5. The Morgan fingerprint density at radius 2 is 1.90 bits per heavy atom. The minimum absolute atomic E-state index is 0.165. The molecule has 0 fully saturated rings. The van der Waals surface area contributed by atoms with Gasteiger partial charge in [-0.05, 0) is 42.7 Å². The normalized spacial score (nSPS) is 12.2. The van der Waals surface area contributed by atoms with Crippen molar-refractivity contribution in [1.82, 2.24) is 15.2 Å². The maximum Gasteiger partial charge on any atom is 0.253 e. The van der Waals surface area contributed by atoms with E-state index >= 15 is 0 Å². The lowest BCUT2D eigenvalue weighted by atomic mass is 10.0. The standard InChI is InChI=1S/C22H23Cl2N3O2S/c1-13(2)10-18(26-21(28)15-9-8-14(23)11-16(15)24)22(29)27(3)12-20-25-17-6-4-5-7-19(17)30-20/h4-9,11,13,18H,10,12H2,1-3H3,(H,26,28). The van der Waals surface area contributed by atoms with E-state index in [-0.39, 0.29) is 22.4 Å². The van der Waals surface area contributed by atoms with Crippen molar-refractivity contribution in [2.24, 2.45) is 5.92 Å². The fourth-order valence-corrected chi connectivity index (χ4v) is 4.65. The first-order chi connectivity index (χ1) is 14.2. The van der Waals surface area contributed by atoms with Crippen LogP contribution < -0.4 is 5.32 Å². The van der Waals surface area contributed by atoms with Crippen LogP contribution in [0, 0.1) is 5.92 Å². The molecule has 1 heterocycles. The van der Waals surface area contributed by atoms with Crippen molar-refractivity contribution in [2.75, 3.05) is 7.05 Å². The van der Waals surface area contributed by atoms with Crippen LogP contribution in [0.2, 0.25) is 10.0 Å². The van der Waals surface area contributed by atoms with Crippen LogP contribution in [0.5, 0.6) is 0 Å². The number of nitrogens with one attached hydrogen (secondary N) is 1. The van der Waals surface area contributed by atoms with Crippen molar-refractivity contribution >= 4 is 56.6 Å². The van der Waals surface area contributed by atoms with E-state index in [4.69, 9.17) is 23.2 Å². The molecule has 1 atom stereocenters. The highest BCUT2D eigenvalue weighted by molar-refractivity contribution is 7.18. The van der Waals surface area contributed by atoms with E-state index < -0.39 is 11.9 Å². The predicted molar refractivity (Wildman–Crippen MR) is 123 cm³/mol. The van der Waals surface area contributed by atoms with Crippen molar-refractivity contribution in [1.29, 1.82) is 0 Å². The monoisotopic (exact) mass is 463 g/mol. The lowest BCUT2D eigenvalue weighted by molar-refractivity contribution is -0.132. The first-order valence-corrected chi connectivity index (χ1v) is 11.2. The Labute approximate surface area is 190 Å². The van der Waals surface area contributed by atoms with Gasteiger partial charge in [0.15, 0.2) is 0 Å². The number of likely N-dealkylation sites (N-methyl/N-ethyl adjacent to an activating group) is 1. The minimum atomic E-state index is -0.663. The lowest BCUT2D eigenvalue weighted by Gasteiger charge is -2.25. The molecule has 0 aliphatic rings. The zero-order chi connectivity index (χ0) is 21.8. The largest absolute Gasteiger partial charge is 0.340 e. The van der Waals surface area contributed by atoms with Gasteiger partial charge in [0.2, 0.25) is 5.91 Å². The average Bonchev–Trinajstić information content (AvgIpc) is 3.08. The summed E-state index contributed by atoms with van der Waals surface area (Å²) in [7, 11) is 1.73. The number of rotatable bonds is 7. The highest BCUT2D eigenvalue weighted by Crippen LogP contribution is 2.24. The number of halogens is 2. The molecule has 5 nitrogen and oxygen atoms in total. The Bertz CT molecular complexity index is 1030. The summed E-state index contributed by atoms with van der Waals surface area (Å²) in [5.74, 6) is -0.346. The van der Waals surface area contributed by atoms with Gasteiger partial charge in [-0.1, -0.05) is 49.2 Å². The second kappa shape index (κ2) is 9.77. The van der Waals surface area contributed by atoms with Gasteiger partial charge in [-0.2, -0.15) is 0 Å². The van der Waals surface area contributed by atoms with Crippen molar-refractivity contribution in [3.63, 3.8) is 0 Å². The highest BCUT2D eigenvalue weighted by atomic mass is 35.5. The van der Waals surface area contributed by atoms with Gasteiger partial charge in [-0.3, -0.25) is 9.59 Å². The first-order valence-electron chi connectivity index (χ1n) is 9.60. The summed E-state index contributed by atoms with van der Waals surface area (Å²) in [5.41, 5.74) is 1.21. The van der Waals surface area contributed by atoms with E-state index in [1.165, 1.54) is 6.07 Å². The van der Waals surface area contributed by atoms with Crippen LogP contribution in [0.25, 0.3) is 10.2 Å². The number of carbonyl (C=O) groups excluding carboxylic acids is 2. The number of hydrogen-bond acceptors (Lipinski definition) is 4. The number of benzene rings is 2. The van der Waals surface area contributed by atoms with E-state index in [1.807, 2.05) is 38.1 Å². The molecular formula is C22H23Cl2N3O2S. The molecule has 3 aromatic rings. The second-order valence-corrected chi connectivity index (χ2v) is 9.51. The SMILES string of the molecule is CC(C)CC(NC(=O)c1ccc(Cl)cc1Cl)C(=O)N(C)Cc1nc2ccccc2s1. The molecule has 2 aromatic carbocycles. The van der Waals surface area contributed by atoms with Gasteiger partial charge >= 0.3 is 0 Å². The van der Waals surface area contributed by atoms with Crippen molar-refractivity contribution in [3.8, 4) is 0 Å². The molecule has 158 valence electrons. The van der Waals surface area contributed by atoms with Crippen molar-refractivity contribution < 1.29 is 9.59 Å². The number of fused-ring (bicyclic) bond motifs is 1. The smallest absolute Gasteiger partial charge is 0.253 e. The average molecular weight is 464 g/mol. The van der Waals surface area contributed by atoms with E-state index in [9.17, 15) is 9.59 Å². The maximum absolute atomic E-state index is 13.1. The molecule has 8 heteroatoms. The molecule has 2 amide bonds. The summed E-state index contributed by atoms with van der Waals surface area (Å²) in [5, 5.41) is 4.39. The summed E-state index contributed by atoms with van der Waals surface area (Å²) in [4.78, 5) is 32.1. The molecule has 30 heavy (non-hydrogen) atoms. The minimum Gasteiger partial charge on any atom is -0.340 e. The van der Waals surface area contributed by atoms with Gasteiger partial charge in [0, 0.05) is 12.1 Å². The van der Waals surface area contributed by atoms with Gasteiger partial charge in [-0.15, -0.1) is 11.3 Å². The number of para-hydroxylation sites is 1. The molecular weight excluding hydrogens is 441 g/mol. The van der Waals surface area contributed by atoms with Crippen LogP contribution in [0.15, 0.2) is 42.5 Å². The number of aromatic nitrogens is 1. The van der Waals surface area contributed by atoms with E-state index in [0.29, 0.717) is 18.0 Å². The topological polar surface area (TPSA) is 62.3 Å². The zero-order valence-corrected chi connectivity index (χ0v) is 19.3. The Morgan fingerprint density at radius 1 is 1.17 bits per heavy atom. The third-order valence-electron chi connectivity index (χ3n) is 4.57. The Morgan fingerprint density at radius 3 is 2.57 bits per heavy atom. The third kappa shape index (κ3) is 5.50. The van der Waals surface area contributed by atoms with E-state index in [2.05, 4.69) is 10.3 Å². The number of amides is 2. The van der Waals surface area contributed by atoms with Crippen LogP contribution in [0.3, 0.4) is 0 Å². The van der Waals surface area contributed by atoms with Crippen LogP contribution >= 0.6 is 34.5 Å². The molecule has 3 rings (SSSR count). The summed E-state index contributed by atoms with van der Waals surface area (Å²) in [6.07, 6.45) is 0.514. The zero-order valence-electron chi connectivity index (χ0n) is 17.0. The Kier molecular flexibility index (Phi) is 7.34. The molecule has 0 aliphatic carbocycles. The van der Waals surface area contributed by atoms with Crippen LogP contribution in [-0.4, -0.2) is 34.8 Å². The number of hydrogen-bond donors (Lipinski definition) is 1. The van der Waals surface area contributed by atoms with E-state index in [0.717, 1.165) is 15.2 Å². The van der Waals surface area contributed by atoms with E-state index in [1.54, 1.807) is 35.4 Å². The van der Waals surface area contributed by atoms with Gasteiger partial charge in [0.25, 0.3) is 5.91 Å². The van der Waals surface area contributed by atoms with Crippen molar-refractivity contribution in [2.45, 2.75) is 32.9 Å². The fraction of sp³-hybridized carbons (Fsp3) is 0.318. The van der Waals surface area contributed by atoms with Gasteiger partial charge < -0.3 is 10.2 Å². The Hall–Kier alpha value is -2.15. The fourth-order valence-electron chi connectivity index (χ4n) is 3.14. The highest BCUT2D eigenvalue weighted by Gasteiger charge is 2.26. The van der Waals surface area contributed by atoms with Crippen LogP contribution in [-0.2, 0) is 11.3 Å². The van der Waals surface area contributed by atoms with Gasteiger partial charge in [0.05, 0.1) is 27.3 Å². The summed E-state index contributed by atoms with van der Waals surface area (Å²) >= 11 is 13.6. The lowest BCUT2D eigenvalue weighted by Crippen LogP contribution is -2.47. The molecule has 0 spiro atoms. The summed E-state index contributed by atoms with van der Waals surface area (Å²) in [6.45, 7) is 4.40. The Balaban J connectivity index is 1.74. The molecule has 1 N–H and O–H groups in total. The van der Waals surface area contributed by atoms with Gasteiger partial charge in [-0.25, -0.2) is 4.98 Å². The third-order valence-corrected chi connectivity index (χ3v) is 6.14. The molecule has 1 aromatic heterocycles. The second-order valence-electron chi connectivity index (χ2n) is 7.55.